The SMILES string of the molecule is Fc1cc(C2CCC(C3(C4CCC(I)CC4)CCCCC3)CC2)cc(F)c1F. The average molecular weight is 504 g/mol. The van der Waals surface area contributed by atoms with Gasteiger partial charge >= 0.3 is 0 Å². The summed E-state index contributed by atoms with van der Waals surface area (Å²) in [5.41, 5.74) is 1.16. The fourth-order valence-electron chi connectivity index (χ4n) is 6.80. The molecule has 3 saturated carbocycles. The number of rotatable bonds is 3. The normalized spacial score (nSPS) is 33.6. The first-order valence-electron chi connectivity index (χ1n) is 11.3. The largest absolute Gasteiger partial charge is 0.204 e. The van der Waals surface area contributed by atoms with E-state index < -0.39 is 17.5 Å². The summed E-state index contributed by atoms with van der Waals surface area (Å²) in [7, 11) is 0. The minimum Gasteiger partial charge on any atom is -0.204 e. The van der Waals surface area contributed by atoms with Gasteiger partial charge in [0, 0.05) is 3.92 Å². The lowest BCUT2D eigenvalue weighted by Crippen LogP contribution is -2.43. The van der Waals surface area contributed by atoms with E-state index in [4.69, 9.17) is 0 Å². The lowest BCUT2D eigenvalue weighted by molar-refractivity contribution is -0.0138. The van der Waals surface area contributed by atoms with E-state index in [0.717, 1.165) is 41.4 Å². The Kier molecular flexibility index (Phi) is 6.64. The second-order valence-electron chi connectivity index (χ2n) is 9.59. The van der Waals surface area contributed by atoms with Crippen molar-refractivity contribution >= 4 is 22.6 Å². The highest BCUT2D eigenvalue weighted by atomic mass is 127. The maximum Gasteiger partial charge on any atom is 0.194 e. The van der Waals surface area contributed by atoms with Crippen LogP contribution in [0.5, 0.6) is 0 Å². The Morgan fingerprint density at radius 1 is 0.714 bits per heavy atom. The summed E-state index contributed by atoms with van der Waals surface area (Å²) in [6.07, 6.45) is 16.7. The molecule has 28 heavy (non-hydrogen) atoms. The standard InChI is InChI=1S/C24H32F3I/c25-21-14-17(15-22(26)23(21)27)16-4-6-18(7-5-16)24(12-2-1-3-13-24)19-8-10-20(28)11-9-19/h14-16,18-20H,1-13H2. The summed E-state index contributed by atoms with van der Waals surface area (Å²) >= 11 is 2.63. The average Bonchev–Trinajstić information content (AvgIpc) is 2.73. The molecule has 0 saturated heterocycles. The quantitative estimate of drug-likeness (QED) is 0.221. The Hall–Kier alpha value is -0.260. The molecule has 0 heterocycles. The molecule has 0 unspecified atom stereocenters. The van der Waals surface area contributed by atoms with Gasteiger partial charge in [-0.2, -0.15) is 0 Å². The Morgan fingerprint density at radius 2 is 1.21 bits per heavy atom. The molecule has 1 aromatic carbocycles. The molecule has 0 aliphatic heterocycles. The van der Waals surface area contributed by atoms with E-state index in [1.807, 2.05) is 0 Å². The molecule has 3 aliphatic rings. The third-order valence-electron chi connectivity index (χ3n) is 8.27. The van der Waals surface area contributed by atoms with Crippen molar-refractivity contribution in [2.45, 2.75) is 93.3 Å². The van der Waals surface area contributed by atoms with Crippen LogP contribution in [0.2, 0.25) is 0 Å². The smallest absolute Gasteiger partial charge is 0.194 e. The van der Waals surface area contributed by atoms with Crippen LogP contribution >= 0.6 is 22.6 Å². The molecular formula is C24H32F3I. The summed E-state index contributed by atoms with van der Waals surface area (Å²) < 4.78 is 41.5. The van der Waals surface area contributed by atoms with Gasteiger partial charge in [0.15, 0.2) is 17.5 Å². The van der Waals surface area contributed by atoms with Crippen LogP contribution in [0.25, 0.3) is 0 Å². The highest BCUT2D eigenvalue weighted by Gasteiger charge is 2.47. The van der Waals surface area contributed by atoms with E-state index in [0.29, 0.717) is 11.0 Å². The zero-order chi connectivity index (χ0) is 19.7. The maximum atomic E-state index is 13.7. The van der Waals surface area contributed by atoms with Gasteiger partial charge in [-0.05, 0) is 105 Å². The topological polar surface area (TPSA) is 0 Å². The van der Waals surface area contributed by atoms with Crippen molar-refractivity contribution in [1.29, 1.82) is 0 Å². The number of hydrogen-bond donors (Lipinski definition) is 0. The van der Waals surface area contributed by atoms with Gasteiger partial charge in [0.05, 0.1) is 0 Å². The van der Waals surface area contributed by atoms with E-state index in [1.54, 1.807) is 0 Å². The summed E-state index contributed by atoms with van der Waals surface area (Å²) in [5, 5.41) is 0. The van der Waals surface area contributed by atoms with E-state index in [2.05, 4.69) is 22.6 Å². The van der Waals surface area contributed by atoms with Gasteiger partial charge in [0.1, 0.15) is 0 Å². The van der Waals surface area contributed by atoms with Gasteiger partial charge in [-0.15, -0.1) is 0 Å². The molecule has 156 valence electrons. The summed E-state index contributed by atoms with van der Waals surface area (Å²) in [6.45, 7) is 0. The molecule has 0 atom stereocenters. The second-order valence-corrected chi connectivity index (χ2v) is 11.4. The minimum absolute atomic E-state index is 0.173. The fraction of sp³-hybridized carbons (Fsp3) is 0.750. The van der Waals surface area contributed by atoms with Crippen molar-refractivity contribution in [3.8, 4) is 0 Å². The molecule has 0 aromatic heterocycles. The van der Waals surface area contributed by atoms with Gasteiger partial charge in [-0.25, -0.2) is 13.2 Å². The molecule has 4 heteroatoms. The third-order valence-corrected chi connectivity index (χ3v) is 9.52. The molecule has 0 radical (unpaired) electrons. The number of halogens is 4. The van der Waals surface area contributed by atoms with E-state index in [9.17, 15) is 13.2 Å². The van der Waals surface area contributed by atoms with Crippen molar-refractivity contribution in [1.82, 2.24) is 0 Å². The Labute approximate surface area is 181 Å². The first-order valence-corrected chi connectivity index (χ1v) is 12.5. The number of hydrogen-bond acceptors (Lipinski definition) is 0. The first-order chi connectivity index (χ1) is 13.5. The summed E-state index contributed by atoms with van der Waals surface area (Å²) in [5.74, 6) is -1.63. The van der Waals surface area contributed by atoms with Crippen LogP contribution in [0.4, 0.5) is 13.2 Å². The van der Waals surface area contributed by atoms with Gasteiger partial charge < -0.3 is 0 Å². The van der Waals surface area contributed by atoms with Crippen LogP contribution in [-0.4, -0.2) is 3.92 Å². The third kappa shape index (κ3) is 4.13. The molecule has 0 spiro atoms. The van der Waals surface area contributed by atoms with E-state index >= 15 is 0 Å². The predicted octanol–water partition coefficient (Wildman–Crippen LogP) is 8.32. The number of alkyl halides is 1. The number of benzene rings is 1. The van der Waals surface area contributed by atoms with Crippen LogP contribution in [0.1, 0.15) is 95.0 Å². The summed E-state index contributed by atoms with van der Waals surface area (Å²) in [6, 6.07) is 2.45. The molecule has 4 rings (SSSR count). The molecule has 0 bridgehead atoms. The highest BCUT2D eigenvalue weighted by Crippen LogP contribution is 2.57. The van der Waals surface area contributed by atoms with Crippen molar-refractivity contribution in [2.75, 3.05) is 0 Å². The van der Waals surface area contributed by atoms with Crippen molar-refractivity contribution in [2.24, 2.45) is 17.3 Å². The zero-order valence-electron chi connectivity index (χ0n) is 16.7. The Morgan fingerprint density at radius 3 is 1.75 bits per heavy atom. The lowest BCUT2D eigenvalue weighted by atomic mass is 9.53. The lowest BCUT2D eigenvalue weighted by Gasteiger charge is -2.53. The van der Waals surface area contributed by atoms with Gasteiger partial charge in [0.25, 0.3) is 0 Å². The Bertz CT molecular complexity index is 643. The molecule has 3 fully saturated rings. The highest BCUT2D eigenvalue weighted by molar-refractivity contribution is 14.1. The van der Waals surface area contributed by atoms with Crippen molar-refractivity contribution in [3.05, 3.63) is 35.1 Å². The monoisotopic (exact) mass is 504 g/mol. The van der Waals surface area contributed by atoms with Crippen LogP contribution in [-0.2, 0) is 0 Å². The van der Waals surface area contributed by atoms with Crippen LogP contribution in [0.3, 0.4) is 0 Å². The maximum absolute atomic E-state index is 13.7. The fourth-order valence-corrected chi connectivity index (χ4v) is 7.52. The van der Waals surface area contributed by atoms with Crippen LogP contribution in [0.15, 0.2) is 12.1 Å². The van der Waals surface area contributed by atoms with Crippen molar-refractivity contribution in [3.63, 3.8) is 0 Å². The molecule has 0 N–H and O–H groups in total. The second kappa shape index (κ2) is 8.85. The predicted molar refractivity (Wildman–Crippen MR) is 116 cm³/mol. The van der Waals surface area contributed by atoms with E-state index in [1.165, 1.54) is 69.9 Å². The molecule has 0 amide bonds. The minimum atomic E-state index is -1.34. The van der Waals surface area contributed by atoms with Gasteiger partial charge in [0.2, 0.25) is 0 Å². The molecule has 0 nitrogen and oxygen atoms in total. The van der Waals surface area contributed by atoms with Crippen LogP contribution < -0.4 is 0 Å². The van der Waals surface area contributed by atoms with Crippen LogP contribution in [0, 0.1) is 34.7 Å². The van der Waals surface area contributed by atoms with E-state index in [-0.39, 0.29) is 5.92 Å². The molecule has 3 aliphatic carbocycles. The van der Waals surface area contributed by atoms with Gasteiger partial charge in [-0.1, -0.05) is 41.9 Å². The Balaban J connectivity index is 1.47. The molecular weight excluding hydrogens is 472 g/mol. The van der Waals surface area contributed by atoms with Crippen molar-refractivity contribution < 1.29 is 13.2 Å². The first kappa shape index (κ1) is 21.0. The summed E-state index contributed by atoms with van der Waals surface area (Å²) in [4.78, 5) is 0. The zero-order valence-corrected chi connectivity index (χ0v) is 18.8. The van der Waals surface area contributed by atoms with Gasteiger partial charge in [-0.3, -0.25) is 0 Å². The molecule has 1 aromatic rings.